The maximum absolute atomic E-state index is 13.2. The van der Waals surface area contributed by atoms with Crippen LogP contribution in [0.3, 0.4) is 0 Å². The largest absolute Gasteiger partial charge is 0.386 e. The molecule has 7 rings (SSSR count). The van der Waals surface area contributed by atoms with Gasteiger partial charge in [0.05, 0.1) is 28.2 Å². The molecule has 2 aromatic heterocycles. The van der Waals surface area contributed by atoms with Gasteiger partial charge in [0.25, 0.3) is 5.91 Å². The molecule has 0 aliphatic carbocycles. The van der Waals surface area contributed by atoms with Crippen LogP contribution in [-0.4, -0.2) is 46.5 Å². The van der Waals surface area contributed by atoms with Crippen molar-refractivity contribution in [2.45, 2.75) is 37.9 Å². The lowest BCUT2D eigenvalue weighted by Gasteiger charge is -2.41. The first-order valence-electron chi connectivity index (χ1n) is 11.7. The van der Waals surface area contributed by atoms with Crippen molar-refractivity contribution in [1.82, 2.24) is 19.8 Å². The van der Waals surface area contributed by atoms with Gasteiger partial charge in [-0.25, -0.2) is 0 Å². The number of methoxy groups -OCH3 is 1. The monoisotopic (exact) mass is 454 g/mol. The summed E-state index contributed by atoms with van der Waals surface area (Å²) in [5.74, 6) is -0.0293. The average molecular weight is 455 g/mol. The molecular weight excluding hydrogens is 428 g/mol. The predicted octanol–water partition coefficient (Wildman–Crippen LogP) is 3.43. The van der Waals surface area contributed by atoms with E-state index in [1.165, 1.54) is 0 Å². The number of nitrogens with one attached hydrogen (secondary N) is 2. The van der Waals surface area contributed by atoms with E-state index in [0.717, 1.165) is 54.7 Å². The summed E-state index contributed by atoms with van der Waals surface area (Å²) in [5.41, 5.74) is 4.79. The molecule has 4 heterocycles. The molecule has 0 spiro atoms. The Balaban J connectivity index is 1.87. The summed E-state index contributed by atoms with van der Waals surface area (Å²) in [4.78, 5) is 13.2. The molecule has 3 aromatic carbocycles. The van der Waals surface area contributed by atoms with Crippen LogP contribution in [0, 0.1) is 0 Å². The molecule has 172 valence electrons. The number of hydrogen-bond acceptors (Lipinski definition) is 4. The summed E-state index contributed by atoms with van der Waals surface area (Å²) in [6, 6.07) is 16.2. The Hall–Kier alpha value is -3.39. The number of rotatable bonds is 2. The Bertz CT molecular complexity index is 1680. The Morgan fingerprint density at radius 1 is 1.06 bits per heavy atom. The first-order valence-corrected chi connectivity index (χ1v) is 11.7. The summed E-state index contributed by atoms with van der Waals surface area (Å²) < 4.78 is 10.6. The fourth-order valence-corrected chi connectivity index (χ4v) is 6.45. The molecule has 5 aromatic rings. The van der Waals surface area contributed by atoms with Crippen molar-refractivity contribution in [3.8, 4) is 0 Å². The van der Waals surface area contributed by atoms with E-state index in [1.54, 1.807) is 7.11 Å². The SMILES string of the molecule is CNC1Cn2c3ccccc3c3c4c(c5c6ccccc6n(c5c32)C(C)(OC)C1O)CNC4=O. The smallest absolute Gasteiger partial charge is 0.252 e. The molecule has 3 N–H and O–H groups in total. The zero-order chi connectivity index (χ0) is 23.4. The number of fused-ring (bicyclic) bond motifs is 9. The van der Waals surface area contributed by atoms with E-state index >= 15 is 0 Å². The first-order chi connectivity index (χ1) is 16.5. The number of carbonyl (C=O) groups excluding carboxylic acids is 1. The lowest BCUT2D eigenvalue weighted by atomic mass is 9.95. The van der Waals surface area contributed by atoms with Crippen LogP contribution in [0.5, 0.6) is 0 Å². The number of para-hydroxylation sites is 2. The molecule has 0 saturated heterocycles. The molecule has 3 unspecified atom stereocenters. The zero-order valence-corrected chi connectivity index (χ0v) is 19.3. The van der Waals surface area contributed by atoms with E-state index in [2.05, 4.69) is 44.0 Å². The number of hydrogen-bond donors (Lipinski definition) is 3. The predicted molar refractivity (Wildman–Crippen MR) is 133 cm³/mol. The maximum atomic E-state index is 13.2. The summed E-state index contributed by atoms with van der Waals surface area (Å²) >= 11 is 0. The number of likely N-dealkylation sites (N-methyl/N-ethyl adjacent to an activating group) is 1. The maximum Gasteiger partial charge on any atom is 0.252 e. The van der Waals surface area contributed by atoms with Crippen molar-refractivity contribution in [3.63, 3.8) is 0 Å². The van der Waals surface area contributed by atoms with E-state index in [4.69, 9.17) is 4.74 Å². The van der Waals surface area contributed by atoms with Gasteiger partial charge in [0.2, 0.25) is 0 Å². The zero-order valence-electron chi connectivity index (χ0n) is 19.3. The summed E-state index contributed by atoms with van der Waals surface area (Å²) in [7, 11) is 3.53. The van der Waals surface area contributed by atoms with Crippen molar-refractivity contribution in [2.75, 3.05) is 14.2 Å². The van der Waals surface area contributed by atoms with Gasteiger partial charge < -0.3 is 29.6 Å². The fraction of sp³-hybridized carbons (Fsp3) is 0.296. The van der Waals surface area contributed by atoms with Crippen LogP contribution in [0.15, 0.2) is 48.5 Å². The highest BCUT2D eigenvalue weighted by Crippen LogP contribution is 2.48. The third kappa shape index (κ3) is 2.15. The average Bonchev–Trinajstić information content (AvgIpc) is 3.51. The number of amides is 1. The molecule has 0 radical (unpaired) electrons. The Morgan fingerprint density at radius 3 is 2.44 bits per heavy atom. The lowest BCUT2D eigenvalue weighted by Crippen LogP contribution is -2.56. The van der Waals surface area contributed by atoms with Gasteiger partial charge in [-0.3, -0.25) is 4.79 Å². The number of aliphatic hydroxyl groups excluding tert-OH is 1. The molecule has 1 amide bonds. The molecular formula is C27H26N4O3. The summed E-state index contributed by atoms with van der Waals surface area (Å²) in [6.45, 7) is 2.98. The van der Waals surface area contributed by atoms with Gasteiger partial charge in [0.15, 0.2) is 5.72 Å². The fourth-order valence-electron chi connectivity index (χ4n) is 6.45. The van der Waals surface area contributed by atoms with Crippen LogP contribution < -0.4 is 10.6 Å². The third-order valence-electron chi connectivity index (χ3n) is 8.11. The van der Waals surface area contributed by atoms with E-state index in [0.29, 0.717) is 13.1 Å². The van der Waals surface area contributed by atoms with Crippen LogP contribution in [-0.2, 0) is 23.6 Å². The van der Waals surface area contributed by atoms with Crippen LogP contribution in [0.4, 0.5) is 0 Å². The molecule has 0 fully saturated rings. The summed E-state index contributed by atoms with van der Waals surface area (Å²) in [6.07, 6.45) is -0.834. The Labute approximate surface area is 195 Å². The second-order valence-electron chi connectivity index (χ2n) is 9.56. The van der Waals surface area contributed by atoms with Crippen LogP contribution >= 0.6 is 0 Å². The van der Waals surface area contributed by atoms with Gasteiger partial charge in [-0.2, -0.15) is 0 Å². The molecule has 3 atom stereocenters. The Morgan fingerprint density at radius 2 is 1.74 bits per heavy atom. The van der Waals surface area contributed by atoms with Crippen LogP contribution in [0.2, 0.25) is 0 Å². The van der Waals surface area contributed by atoms with Crippen LogP contribution in [0.25, 0.3) is 43.6 Å². The molecule has 0 saturated carbocycles. The van der Waals surface area contributed by atoms with Crippen molar-refractivity contribution in [3.05, 3.63) is 59.7 Å². The van der Waals surface area contributed by atoms with Gasteiger partial charge in [-0.15, -0.1) is 0 Å². The highest BCUT2D eigenvalue weighted by Gasteiger charge is 2.45. The second kappa shape index (κ2) is 6.60. The highest BCUT2D eigenvalue weighted by molar-refractivity contribution is 6.30. The molecule has 0 bridgehead atoms. The Kier molecular flexibility index (Phi) is 3.89. The normalized spacial score (nSPS) is 24.3. The number of aromatic nitrogens is 2. The standard InChI is InChI=1S/C27H26N4O3/c1-27(34-3)25(32)17(28-2)13-30-18-10-6-4-8-14(18)21-22-16(12-29-26(22)33)20-15-9-5-7-11-19(15)31(27)24(20)23(21)30/h4-11,17,25,28,32H,12-13H2,1-3H3,(H,29,33). The third-order valence-corrected chi connectivity index (χ3v) is 8.11. The highest BCUT2D eigenvalue weighted by atomic mass is 16.5. The number of carbonyl (C=O) groups is 1. The number of benzene rings is 3. The van der Waals surface area contributed by atoms with E-state index in [1.807, 2.05) is 38.2 Å². The van der Waals surface area contributed by atoms with E-state index in [-0.39, 0.29) is 11.9 Å². The van der Waals surface area contributed by atoms with Gasteiger partial charge >= 0.3 is 0 Å². The number of aliphatic hydroxyl groups is 1. The van der Waals surface area contributed by atoms with Gasteiger partial charge in [-0.05, 0) is 31.7 Å². The molecule has 34 heavy (non-hydrogen) atoms. The molecule has 7 heteroatoms. The van der Waals surface area contributed by atoms with E-state index < -0.39 is 11.8 Å². The van der Waals surface area contributed by atoms with Crippen molar-refractivity contribution < 1.29 is 14.6 Å². The van der Waals surface area contributed by atoms with Gasteiger partial charge in [0.1, 0.15) is 6.10 Å². The van der Waals surface area contributed by atoms with Crippen molar-refractivity contribution >= 4 is 49.5 Å². The summed E-state index contributed by atoms with van der Waals surface area (Å²) in [5, 5.41) is 22.3. The van der Waals surface area contributed by atoms with Gasteiger partial charge in [-0.1, -0.05) is 36.4 Å². The topological polar surface area (TPSA) is 80.5 Å². The lowest BCUT2D eigenvalue weighted by molar-refractivity contribution is -0.154. The van der Waals surface area contributed by atoms with Crippen LogP contribution in [0.1, 0.15) is 22.8 Å². The van der Waals surface area contributed by atoms with Crippen molar-refractivity contribution in [2.24, 2.45) is 0 Å². The number of ether oxygens (including phenoxy) is 1. The quantitative estimate of drug-likeness (QED) is 0.382. The number of nitrogens with zero attached hydrogens (tertiary/aromatic N) is 2. The molecule has 7 nitrogen and oxygen atoms in total. The van der Waals surface area contributed by atoms with Gasteiger partial charge in [0, 0.05) is 47.3 Å². The minimum Gasteiger partial charge on any atom is -0.386 e. The first kappa shape index (κ1) is 20.0. The second-order valence-corrected chi connectivity index (χ2v) is 9.56. The minimum absolute atomic E-state index is 0.0293. The van der Waals surface area contributed by atoms with E-state index in [9.17, 15) is 9.90 Å². The molecule has 2 aliphatic rings. The molecule has 2 aliphatic heterocycles. The van der Waals surface area contributed by atoms with Crippen molar-refractivity contribution in [1.29, 1.82) is 0 Å². The minimum atomic E-state index is -1.03.